The first-order chi connectivity index (χ1) is 15.0. The summed E-state index contributed by atoms with van der Waals surface area (Å²) in [6, 6.07) is 11.3. The molecule has 32 heavy (non-hydrogen) atoms. The first kappa shape index (κ1) is 23.0. The number of esters is 1. The van der Waals surface area contributed by atoms with Gasteiger partial charge in [-0.05, 0) is 39.0 Å². The van der Waals surface area contributed by atoms with E-state index in [2.05, 4.69) is 5.10 Å². The molecular weight excluding hydrogens is 427 g/mol. The molecule has 3 rings (SSSR count). The number of aryl methyl sites for hydroxylation is 2. The molecule has 0 N–H and O–H groups in total. The van der Waals surface area contributed by atoms with E-state index in [0.29, 0.717) is 11.4 Å². The number of aromatic nitrogens is 3. The SMILES string of the molecule is Cc1cc(=O)c(C(=O)OCC(=O)c2cc(C)n(CC(F)(F)F)c2C)nn1-c1ccccc1. The molecule has 0 saturated carbocycles. The molecule has 168 valence electrons. The monoisotopic (exact) mass is 447 g/mol. The van der Waals surface area contributed by atoms with E-state index in [1.165, 1.54) is 30.7 Å². The highest BCUT2D eigenvalue weighted by molar-refractivity contribution is 6.00. The van der Waals surface area contributed by atoms with E-state index < -0.39 is 42.2 Å². The number of hydrogen-bond acceptors (Lipinski definition) is 5. The van der Waals surface area contributed by atoms with Crippen molar-refractivity contribution in [1.29, 1.82) is 0 Å². The minimum Gasteiger partial charge on any atom is -0.452 e. The highest BCUT2D eigenvalue weighted by Crippen LogP contribution is 2.23. The molecule has 1 aromatic carbocycles. The predicted molar refractivity (Wildman–Crippen MR) is 109 cm³/mol. The normalized spacial score (nSPS) is 11.4. The maximum atomic E-state index is 12.8. The Kier molecular flexibility index (Phi) is 6.33. The fourth-order valence-corrected chi connectivity index (χ4v) is 3.30. The number of hydrogen-bond donors (Lipinski definition) is 0. The smallest absolute Gasteiger partial charge is 0.406 e. The van der Waals surface area contributed by atoms with Gasteiger partial charge in [0.1, 0.15) is 6.54 Å². The quantitative estimate of drug-likeness (QED) is 0.426. The molecule has 0 fully saturated rings. The molecule has 0 saturated heterocycles. The topological polar surface area (TPSA) is 83.2 Å². The second kappa shape index (κ2) is 8.81. The van der Waals surface area contributed by atoms with Gasteiger partial charge < -0.3 is 9.30 Å². The first-order valence-corrected chi connectivity index (χ1v) is 9.58. The number of rotatable bonds is 6. The number of ether oxygens (including phenoxy) is 1. The Labute approximate surface area is 181 Å². The number of benzene rings is 1. The summed E-state index contributed by atoms with van der Waals surface area (Å²) in [7, 11) is 0. The lowest BCUT2D eigenvalue weighted by Gasteiger charge is -2.12. The van der Waals surface area contributed by atoms with E-state index in [0.717, 1.165) is 4.57 Å². The summed E-state index contributed by atoms with van der Waals surface area (Å²) in [5.74, 6) is -1.78. The Hall–Kier alpha value is -3.69. The van der Waals surface area contributed by atoms with E-state index in [9.17, 15) is 27.6 Å². The maximum absolute atomic E-state index is 12.8. The summed E-state index contributed by atoms with van der Waals surface area (Å²) in [6.07, 6.45) is -4.45. The molecule has 0 aliphatic heterocycles. The molecule has 2 heterocycles. The van der Waals surface area contributed by atoms with Crippen LogP contribution >= 0.6 is 0 Å². The van der Waals surface area contributed by atoms with Crippen LogP contribution in [0.4, 0.5) is 13.2 Å². The predicted octanol–water partition coefficient (Wildman–Crippen LogP) is 3.56. The summed E-state index contributed by atoms with van der Waals surface area (Å²) in [4.78, 5) is 37.2. The van der Waals surface area contributed by atoms with Crippen molar-refractivity contribution in [3.63, 3.8) is 0 Å². The van der Waals surface area contributed by atoms with Gasteiger partial charge in [-0.15, -0.1) is 0 Å². The van der Waals surface area contributed by atoms with Crippen molar-refractivity contribution in [3.05, 3.63) is 81.0 Å². The van der Waals surface area contributed by atoms with Gasteiger partial charge >= 0.3 is 12.1 Å². The van der Waals surface area contributed by atoms with Crippen LogP contribution in [-0.4, -0.2) is 38.9 Å². The van der Waals surface area contributed by atoms with Gasteiger partial charge in [-0.25, -0.2) is 9.48 Å². The van der Waals surface area contributed by atoms with Gasteiger partial charge in [-0.1, -0.05) is 18.2 Å². The van der Waals surface area contributed by atoms with Crippen LogP contribution in [-0.2, 0) is 11.3 Å². The van der Waals surface area contributed by atoms with Crippen LogP contribution in [0.3, 0.4) is 0 Å². The van der Waals surface area contributed by atoms with Crippen LogP contribution in [0.15, 0.2) is 47.3 Å². The fourth-order valence-electron chi connectivity index (χ4n) is 3.30. The van der Waals surface area contributed by atoms with Gasteiger partial charge in [0.2, 0.25) is 16.9 Å². The Morgan fingerprint density at radius 2 is 1.69 bits per heavy atom. The van der Waals surface area contributed by atoms with Gasteiger partial charge in [0.25, 0.3) is 0 Å². The van der Waals surface area contributed by atoms with E-state index in [1.54, 1.807) is 37.3 Å². The lowest BCUT2D eigenvalue weighted by atomic mass is 10.1. The second-order valence-corrected chi connectivity index (χ2v) is 7.23. The summed E-state index contributed by atoms with van der Waals surface area (Å²) in [5.41, 5.74) is 0.308. The number of Topliss-reactive ketones (excluding diaryl/α,β-unsaturated/α-hetero) is 1. The third kappa shape index (κ3) is 4.96. The molecule has 0 aliphatic rings. The summed E-state index contributed by atoms with van der Waals surface area (Å²) < 4.78 is 45.6. The van der Waals surface area contributed by atoms with E-state index in [1.807, 2.05) is 0 Å². The summed E-state index contributed by atoms with van der Waals surface area (Å²) >= 11 is 0. The standard InChI is InChI=1S/C22H20F3N3O4/c1-13-9-17(15(3)27(13)12-22(23,24)25)19(30)11-32-21(31)20-18(29)10-14(2)28(26-20)16-7-5-4-6-8-16/h4-10H,11-12H2,1-3H3. The van der Waals surface area contributed by atoms with E-state index >= 15 is 0 Å². The summed E-state index contributed by atoms with van der Waals surface area (Å²) in [6.45, 7) is 2.51. The number of para-hydroxylation sites is 1. The molecule has 10 heteroatoms. The Bertz CT molecular complexity index is 1230. The Morgan fingerprint density at radius 1 is 1.03 bits per heavy atom. The number of halogens is 3. The molecule has 0 atom stereocenters. The lowest BCUT2D eigenvalue weighted by Crippen LogP contribution is -2.26. The molecule has 0 bridgehead atoms. The van der Waals surface area contributed by atoms with Crippen molar-refractivity contribution in [2.24, 2.45) is 0 Å². The maximum Gasteiger partial charge on any atom is 0.406 e. The van der Waals surface area contributed by atoms with Crippen molar-refractivity contribution in [1.82, 2.24) is 14.3 Å². The van der Waals surface area contributed by atoms with E-state index in [4.69, 9.17) is 4.74 Å². The van der Waals surface area contributed by atoms with Gasteiger partial charge in [0, 0.05) is 28.7 Å². The molecule has 0 unspecified atom stereocenters. The highest BCUT2D eigenvalue weighted by atomic mass is 19.4. The number of carbonyl (C=O) groups is 2. The molecule has 0 aliphatic carbocycles. The van der Waals surface area contributed by atoms with Crippen LogP contribution in [0.5, 0.6) is 0 Å². The molecule has 0 spiro atoms. The summed E-state index contributed by atoms with van der Waals surface area (Å²) in [5, 5.41) is 4.06. The van der Waals surface area contributed by atoms with Crippen molar-refractivity contribution in [2.75, 3.05) is 6.61 Å². The number of alkyl halides is 3. The minimum absolute atomic E-state index is 0.0121. The Morgan fingerprint density at radius 3 is 2.31 bits per heavy atom. The van der Waals surface area contributed by atoms with Crippen molar-refractivity contribution in [3.8, 4) is 5.69 Å². The largest absolute Gasteiger partial charge is 0.452 e. The molecule has 0 radical (unpaired) electrons. The van der Waals surface area contributed by atoms with Gasteiger partial charge in [0.15, 0.2) is 6.61 Å². The van der Waals surface area contributed by atoms with Gasteiger partial charge in [-0.2, -0.15) is 18.3 Å². The van der Waals surface area contributed by atoms with Crippen LogP contribution < -0.4 is 5.43 Å². The van der Waals surface area contributed by atoms with Crippen molar-refractivity contribution < 1.29 is 27.5 Å². The van der Waals surface area contributed by atoms with Crippen LogP contribution in [0, 0.1) is 20.8 Å². The Balaban J connectivity index is 1.79. The van der Waals surface area contributed by atoms with Gasteiger partial charge in [-0.3, -0.25) is 9.59 Å². The zero-order valence-corrected chi connectivity index (χ0v) is 17.6. The first-order valence-electron chi connectivity index (χ1n) is 9.58. The van der Waals surface area contributed by atoms with E-state index in [-0.39, 0.29) is 17.0 Å². The average Bonchev–Trinajstić information content (AvgIpc) is 2.99. The molecule has 0 amide bonds. The van der Waals surface area contributed by atoms with Crippen LogP contribution in [0.2, 0.25) is 0 Å². The zero-order chi connectivity index (χ0) is 23.6. The number of nitrogens with zero attached hydrogens (tertiary/aromatic N) is 3. The molecule has 7 nitrogen and oxygen atoms in total. The third-order valence-electron chi connectivity index (χ3n) is 4.85. The number of carbonyl (C=O) groups excluding carboxylic acids is 2. The molecule has 3 aromatic rings. The number of ketones is 1. The average molecular weight is 447 g/mol. The molecular formula is C22H20F3N3O4. The lowest BCUT2D eigenvalue weighted by molar-refractivity contribution is -0.141. The highest BCUT2D eigenvalue weighted by Gasteiger charge is 2.30. The fraction of sp³-hybridized carbons (Fsp3) is 0.273. The zero-order valence-electron chi connectivity index (χ0n) is 17.6. The van der Waals surface area contributed by atoms with Crippen LogP contribution in [0.25, 0.3) is 5.69 Å². The second-order valence-electron chi connectivity index (χ2n) is 7.23. The van der Waals surface area contributed by atoms with Gasteiger partial charge in [0.05, 0.1) is 5.69 Å². The molecule has 2 aromatic heterocycles. The van der Waals surface area contributed by atoms with Crippen molar-refractivity contribution in [2.45, 2.75) is 33.5 Å². The minimum atomic E-state index is -4.45. The van der Waals surface area contributed by atoms with Crippen LogP contribution in [0.1, 0.15) is 37.9 Å². The third-order valence-corrected chi connectivity index (χ3v) is 4.85. The van der Waals surface area contributed by atoms with Crippen molar-refractivity contribution >= 4 is 11.8 Å².